The molecule has 2 aromatic carbocycles. The molecule has 0 amide bonds. The predicted octanol–water partition coefficient (Wildman–Crippen LogP) is 4.03. The van der Waals surface area contributed by atoms with Crippen molar-refractivity contribution >= 4 is 28.7 Å². The van der Waals surface area contributed by atoms with Crippen LogP contribution < -0.4 is 19.9 Å². The highest BCUT2D eigenvalue weighted by atomic mass is 16.6. The van der Waals surface area contributed by atoms with Gasteiger partial charge in [-0.05, 0) is 48.4 Å². The summed E-state index contributed by atoms with van der Waals surface area (Å²) in [7, 11) is 1.64. The van der Waals surface area contributed by atoms with E-state index in [2.05, 4.69) is 27.1 Å². The molecule has 0 spiro atoms. The maximum absolute atomic E-state index is 12.0. The number of aromatic nitrogens is 2. The Morgan fingerprint density at radius 2 is 1.66 bits per heavy atom. The SMILES string of the molecule is CCc1ccc(Nc2ncnc(N3CCN(c4ccc(OC)cc4)CC3)c2[N+](=O)[O-])cc1. The molecular weight excluding hydrogens is 408 g/mol. The lowest BCUT2D eigenvalue weighted by atomic mass is 10.1. The van der Waals surface area contributed by atoms with Crippen molar-refractivity contribution < 1.29 is 9.66 Å². The Morgan fingerprint density at radius 3 is 2.25 bits per heavy atom. The first-order valence-corrected chi connectivity index (χ1v) is 10.6. The van der Waals surface area contributed by atoms with E-state index in [0.29, 0.717) is 18.9 Å². The summed E-state index contributed by atoms with van der Waals surface area (Å²) in [4.78, 5) is 24.2. The zero-order chi connectivity index (χ0) is 22.5. The number of piperazine rings is 1. The predicted molar refractivity (Wildman–Crippen MR) is 125 cm³/mol. The molecule has 0 radical (unpaired) electrons. The number of nitro groups is 1. The summed E-state index contributed by atoms with van der Waals surface area (Å²) in [5, 5.41) is 15.0. The second-order valence-corrected chi connectivity index (χ2v) is 7.50. The summed E-state index contributed by atoms with van der Waals surface area (Å²) in [5.74, 6) is 1.35. The summed E-state index contributed by atoms with van der Waals surface area (Å²) in [6.07, 6.45) is 2.31. The van der Waals surface area contributed by atoms with Crippen molar-refractivity contribution in [2.45, 2.75) is 13.3 Å². The summed E-state index contributed by atoms with van der Waals surface area (Å²) >= 11 is 0. The summed E-state index contributed by atoms with van der Waals surface area (Å²) in [6, 6.07) is 15.7. The van der Waals surface area contributed by atoms with Crippen molar-refractivity contribution in [3.05, 3.63) is 70.5 Å². The summed E-state index contributed by atoms with van der Waals surface area (Å²) in [5.41, 5.74) is 2.94. The van der Waals surface area contributed by atoms with E-state index in [-0.39, 0.29) is 11.5 Å². The quantitative estimate of drug-likeness (QED) is 0.440. The lowest BCUT2D eigenvalue weighted by molar-refractivity contribution is -0.383. The van der Waals surface area contributed by atoms with Crippen molar-refractivity contribution in [1.29, 1.82) is 0 Å². The third kappa shape index (κ3) is 4.56. The van der Waals surface area contributed by atoms with E-state index < -0.39 is 4.92 Å². The van der Waals surface area contributed by atoms with Gasteiger partial charge in [-0.1, -0.05) is 19.1 Å². The smallest absolute Gasteiger partial charge is 0.353 e. The van der Waals surface area contributed by atoms with Crippen LogP contribution in [0.5, 0.6) is 5.75 Å². The standard InChI is InChI=1S/C23H26N6O3/c1-3-17-4-6-18(7-5-17)26-22-21(29(30)31)23(25-16-24-22)28-14-12-27(13-15-28)19-8-10-20(32-2)11-9-19/h4-11,16H,3,12-15H2,1-2H3,(H,24,25,26). The van der Waals surface area contributed by atoms with E-state index in [0.717, 1.165) is 36.6 Å². The number of rotatable bonds is 7. The lowest BCUT2D eigenvalue weighted by Crippen LogP contribution is -2.47. The molecule has 3 aromatic rings. The number of aryl methyl sites for hydroxylation is 1. The zero-order valence-electron chi connectivity index (χ0n) is 18.2. The Morgan fingerprint density at radius 1 is 1.00 bits per heavy atom. The Kier molecular flexibility index (Phi) is 6.34. The topological polar surface area (TPSA) is 96.7 Å². The Bertz CT molecular complexity index is 1060. The molecular formula is C23H26N6O3. The summed E-state index contributed by atoms with van der Waals surface area (Å²) in [6.45, 7) is 4.78. The minimum atomic E-state index is -0.409. The largest absolute Gasteiger partial charge is 0.497 e. The minimum Gasteiger partial charge on any atom is -0.497 e. The zero-order valence-corrected chi connectivity index (χ0v) is 18.2. The maximum atomic E-state index is 12.0. The Balaban J connectivity index is 1.52. The normalized spacial score (nSPS) is 13.7. The number of methoxy groups -OCH3 is 1. The fourth-order valence-electron chi connectivity index (χ4n) is 3.79. The van der Waals surface area contributed by atoms with Crippen molar-refractivity contribution in [3.63, 3.8) is 0 Å². The second-order valence-electron chi connectivity index (χ2n) is 7.50. The average Bonchev–Trinajstić information content (AvgIpc) is 2.84. The third-order valence-corrected chi connectivity index (χ3v) is 5.63. The van der Waals surface area contributed by atoms with E-state index in [1.165, 1.54) is 11.9 Å². The van der Waals surface area contributed by atoms with E-state index >= 15 is 0 Å². The Hall–Kier alpha value is -3.88. The molecule has 2 heterocycles. The van der Waals surface area contributed by atoms with E-state index in [9.17, 15) is 10.1 Å². The van der Waals surface area contributed by atoms with Crippen LogP contribution in [-0.4, -0.2) is 48.2 Å². The number of nitrogens with zero attached hydrogens (tertiary/aromatic N) is 5. The van der Waals surface area contributed by atoms with Gasteiger partial charge in [0.2, 0.25) is 11.6 Å². The van der Waals surface area contributed by atoms with E-state index in [1.807, 2.05) is 53.4 Å². The molecule has 9 nitrogen and oxygen atoms in total. The van der Waals surface area contributed by atoms with Gasteiger partial charge in [0.05, 0.1) is 12.0 Å². The number of hydrogen-bond acceptors (Lipinski definition) is 8. The van der Waals surface area contributed by atoms with Gasteiger partial charge < -0.3 is 19.9 Å². The molecule has 1 aliphatic rings. The number of hydrogen-bond donors (Lipinski definition) is 1. The molecule has 1 aromatic heterocycles. The molecule has 1 fully saturated rings. The van der Waals surface area contributed by atoms with Gasteiger partial charge in [0, 0.05) is 37.6 Å². The first-order valence-electron chi connectivity index (χ1n) is 10.6. The third-order valence-electron chi connectivity index (χ3n) is 5.63. The van der Waals surface area contributed by atoms with Crippen LogP contribution in [0, 0.1) is 10.1 Å². The van der Waals surface area contributed by atoms with Crippen LogP contribution in [0.25, 0.3) is 0 Å². The molecule has 0 aliphatic carbocycles. The highest BCUT2D eigenvalue weighted by molar-refractivity contribution is 5.74. The van der Waals surface area contributed by atoms with Crippen molar-refractivity contribution in [3.8, 4) is 5.75 Å². The van der Waals surface area contributed by atoms with Gasteiger partial charge in [-0.25, -0.2) is 9.97 Å². The highest BCUT2D eigenvalue weighted by Crippen LogP contribution is 2.34. The lowest BCUT2D eigenvalue weighted by Gasteiger charge is -2.36. The number of nitrogens with one attached hydrogen (secondary N) is 1. The molecule has 1 aliphatic heterocycles. The van der Waals surface area contributed by atoms with Gasteiger partial charge in [-0.15, -0.1) is 0 Å². The molecule has 32 heavy (non-hydrogen) atoms. The fourth-order valence-corrected chi connectivity index (χ4v) is 3.79. The first-order chi connectivity index (χ1) is 15.6. The second kappa shape index (κ2) is 9.51. The molecule has 0 bridgehead atoms. The Labute approximate surface area is 186 Å². The molecule has 1 N–H and O–H groups in total. The van der Waals surface area contributed by atoms with E-state index in [4.69, 9.17) is 4.74 Å². The van der Waals surface area contributed by atoms with Gasteiger partial charge >= 0.3 is 5.69 Å². The maximum Gasteiger partial charge on any atom is 0.353 e. The highest BCUT2D eigenvalue weighted by Gasteiger charge is 2.29. The number of benzene rings is 2. The van der Waals surface area contributed by atoms with Gasteiger partial charge in [0.15, 0.2) is 0 Å². The van der Waals surface area contributed by atoms with Gasteiger partial charge in [-0.3, -0.25) is 10.1 Å². The van der Waals surface area contributed by atoms with Crippen LogP contribution in [0.1, 0.15) is 12.5 Å². The van der Waals surface area contributed by atoms with Gasteiger partial charge in [0.1, 0.15) is 12.1 Å². The summed E-state index contributed by atoms with van der Waals surface area (Å²) < 4.78 is 5.22. The molecule has 1 saturated heterocycles. The van der Waals surface area contributed by atoms with E-state index in [1.54, 1.807) is 7.11 Å². The van der Waals surface area contributed by atoms with Crippen LogP contribution in [-0.2, 0) is 6.42 Å². The number of ether oxygens (including phenoxy) is 1. The van der Waals surface area contributed by atoms with Gasteiger partial charge in [-0.2, -0.15) is 0 Å². The van der Waals surface area contributed by atoms with Crippen LogP contribution in [0.4, 0.5) is 28.7 Å². The van der Waals surface area contributed by atoms with Crippen LogP contribution >= 0.6 is 0 Å². The molecule has 166 valence electrons. The average molecular weight is 435 g/mol. The monoisotopic (exact) mass is 434 g/mol. The van der Waals surface area contributed by atoms with Crippen LogP contribution in [0.15, 0.2) is 54.9 Å². The minimum absolute atomic E-state index is 0.107. The molecule has 0 saturated carbocycles. The van der Waals surface area contributed by atoms with Crippen LogP contribution in [0.2, 0.25) is 0 Å². The molecule has 9 heteroatoms. The van der Waals surface area contributed by atoms with Crippen molar-refractivity contribution in [1.82, 2.24) is 9.97 Å². The van der Waals surface area contributed by atoms with Crippen molar-refractivity contribution in [2.75, 3.05) is 48.4 Å². The molecule has 0 atom stereocenters. The van der Waals surface area contributed by atoms with Crippen LogP contribution in [0.3, 0.4) is 0 Å². The number of anilines is 4. The van der Waals surface area contributed by atoms with Crippen molar-refractivity contribution in [2.24, 2.45) is 0 Å². The molecule has 4 rings (SSSR count). The fraction of sp³-hybridized carbons (Fsp3) is 0.304. The first kappa shape index (κ1) is 21.4. The molecule has 0 unspecified atom stereocenters. The van der Waals surface area contributed by atoms with Gasteiger partial charge in [0.25, 0.3) is 0 Å².